The van der Waals surface area contributed by atoms with E-state index in [1.807, 2.05) is 0 Å². The quantitative estimate of drug-likeness (QED) is 0.790. The first-order valence-electron chi connectivity index (χ1n) is 6.29. The molecule has 1 aromatic carbocycles. The van der Waals surface area contributed by atoms with Crippen LogP contribution >= 0.6 is 0 Å². The molecule has 0 aliphatic carbocycles. The molecule has 2 N–H and O–H groups in total. The Balaban J connectivity index is 1.99. The fourth-order valence-electron chi connectivity index (χ4n) is 2.03. The highest BCUT2D eigenvalue weighted by atomic mass is 16.5. The Morgan fingerprint density at radius 1 is 1.33 bits per heavy atom. The van der Waals surface area contributed by atoms with Crippen molar-refractivity contribution < 1.29 is 14.9 Å². The van der Waals surface area contributed by atoms with Crippen molar-refractivity contribution in [2.24, 2.45) is 0 Å². The van der Waals surface area contributed by atoms with Crippen LogP contribution in [0.4, 0.5) is 0 Å². The SMILES string of the molecule is CC1(C)CC/C(=C/Cc2ccc(O)cc2O)CO1. The smallest absolute Gasteiger partial charge is 0.122 e. The third-order valence-electron chi connectivity index (χ3n) is 3.38. The van der Waals surface area contributed by atoms with Gasteiger partial charge in [0.05, 0.1) is 12.2 Å². The summed E-state index contributed by atoms with van der Waals surface area (Å²) in [6.45, 7) is 4.89. The molecular weight excluding hydrogens is 228 g/mol. The predicted molar refractivity (Wildman–Crippen MR) is 70.8 cm³/mol. The van der Waals surface area contributed by atoms with Gasteiger partial charge in [-0.2, -0.15) is 0 Å². The summed E-state index contributed by atoms with van der Waals surface area (Å²) in [6, 6.07) is 4.71. The Morgan fingerprint density at radius 3 is 2.72 bits per heavy atom. The minimum Gasteiger partial charge on any atom is -0.508 e. The monoisotopic (exact) mass is 248 g/mol. The lowest BCUT2D eigenvalue weighted by molar-refractivity contribution is -0.0294. The molecule has 1 fully saturated rings. The second-order valence-corrected chi connectivity index (χ2v) is 5.43. The zero-order chi connectivity index (χ0) is 13.2. The summed E-state index contributed by atoms with van der Waals surface area (Å²) in [7, 11) is 0. The van der Waals surface area contributed by atoms with Gasteiger partial charge in [-0.15, -0.1) is 0 Å². The van der Waals surface area contributed by atoms with Crippen molar-refractivity contribution in [3.8, 4) is 11.5 Å². The first kappa shape index (κ1) is 13.0. The average Bonchev–Trinajstić information content (AvgIpc) is 2.29. The van der Waals surface area contributed by atoms with Crippen LogP contribution in [0.5, 0.6) is 11.5 Å². The maximum atomic E-state index is 9.68. The molecule has 1 aliphatic rings. The molecule has 1 aliphatic heterocycles. The van der Waals surface area contributed by atoms with Crippen molar-refractivity contribution in [1.29, 1.82) is 0 Å². The third-order valence-corrected chi connectivity index (χ3v) is 3.38. The fourth-order valence-corrected chi connectivity index (χ4v) is 2.03. The Kier molecular flexibility index (Phi) is 3.62. The average molecular weight is 248 g/mol. The lowest BCUT2D eigenvalue weighted by Gasteiger charge is -2.31. The molecule has 0 amide bonds. The largest absolute Gasteiger partial charge is 0.508 e. The number of phenols is 2. The van der Waals surface area contributed by atoms with Crippen LogP contribution in [0.25, 0.3) is 0 Å². The standard InChI is InChI=1S/C15H20O3/c1-15(2)8-7-11(10-18-15)3-4-12-5-6-13(16)9-14(12)17/h3,5-6,9,16-17H,4,7-8,10H2,1-2H3/b11-3-. The minimum absolute atomic E-state index is 0.0159. The van der Waals surface area contributed by atoms with Crippen LogP contribution in [0.3, 0.4) is 0 Å². The van der Waals surface area contributed by atoms with Crippen LogP contribution in [0.15, 0.2) is 29.8 Å². The maximum absolute atomic E-state index is 9.68. The van der Waals surface area contributed by atoms with Gasteiger partial charge in [-0.05, 0) is 50.3 Å². The van der Waals surface area contributed by atoms with E-state index in [2.05, 4.69) is 19.9 Å². The highest BCUT2D eigenvalue weighted by Gasteiger charge is 2.23. The molecular formula is C15H20O3. The second-order valence-electron chi connectivity index (χ2n) is 5.43. The Labute approximate surface area is 108 Å². The molecule has 3 heteroatoms. The zero-order valence-electron chi connectivity index (χ0n) is 10.9. The van der Waals surface area contributed by atoms with Crippen LogP contribution in [-0.4, -0.2) is 22.4 Å². The summed E-state index contributed by atoms with van der Waals surface area (Å²) < 4.78 is 5.74. The number of ether oxygens (including phenoxy) is 1. The van der Waals surface area contributed by atoms with Crippen LogP contribution in [0.2, 0.25) is 0 Å². The molecule has 1 saturated heterocycles. The maximum Gasteiger partial charge on any atom is 0.122 e. The van der Waals surface area contributed by atoms with Crippen LogP contribution in [-0.2, 0) is 11.2 Å². The molecule has 18 heavy (non-hydrogen) atoms. The topological polar surface area (TPSA) is 49.7 Å². The molecule has 0 spiro atoms. The molecule has 0 aromatic heterocycles. The number of hydrogen-bond donors (Lipinski definition) is 2. The van der Waals surface area contributed by atoms with Gasteiger partial charge in [0.1, 0.15) is 11.5 Å². The lowest BCUT2D eigenvalue weighted by atomic mass is 9.94. The highest BCUT2D eigenvalue weighted by Crippen LogP contribution is 2.28. The minimum atomic E-state index is -0.0159. The molecule has 0 saturated carbocycles. The van der Waals surface area contributed by atoms with Crippen molar-refractivity contribution >= 4 is 0 Å². The van der Waals surface area contributed by atoms with Crippen LogP contribution in [0, 0.1) is 0 Å². The van der Waals surface area contributed by atoms with Gasteiger partial charge in [-0.1, -0.05) is 12.1 Å². The summed E-state index contributed by atoms with van der Waals surface area (Å²) in [6.07, 6.45) is 4.86. The van der Waals surface area contributed by atoms with Gasteiger partial charge in [0.15, 0.2) is 0 Å². The van der Waals surface area contributed by atoms with Crippen molar-refractivity contribution in [2.45, 2.75) is 38.7 Å². The molecule has 0 radical (unpaired) electrons. The molecule has 98 valence electrons. The number of allylic oxidation sites excluding steroid dienone is 1. The van der Waals surface area contributed by atoms with Gasteiger partial charge >= 0.3 is 0 Å². The van der Waals surface area contributed by atoms with E-state index in [0.717, 1.165) is 18.4 Å². The molecule has 0 atom stereocenters. The van der Waals surface area contributed by atoms with Crippen molar-refractivity contribution in [3.05, 3.63) is 35.4 Å². The molecule has 2 rings (SSSR count). The number of phenolic OH excluding ortho intramolecular Hbond substituents is 2. The first-order valence-corrected chi connectivity index (χ1v) is 6.29. The summed E-state index contributed by atoms with van der Waals surface area (Å²) >= 11 is 0. The van der Waals surface area contributed by atoms with Crippen molar-refractivity contribution in [1.82, 2.24) is 0 Å². The number of rotatable bonds is 2. The molecule has 0 unspecified atom stereocenters. The van der Waals surface area contributed by atoms with Crippen LogP contribution in [0.1, 0.15) is 32.3 Å². The van der Waals surface area contributed by atoms with E-state index in [1.54, 1.807) is 12.1 Å². The van der Waals surface area contributed by atoms with Gasteiger partial charge < -0.3 is 14.9 Å². The fraction of sp³-hybridized carbons (Fsp3) is 0.467. The zero-order valence-corrected chi connectivity index (χ0v) is 10.9. The Hall–Kier alpha value is -1.48. The molecule has 1 heterocycles. The van der Waals surface area contributed by atoms with E-state index in [-0.39, 0.29) is 17.1 Å². The van der Waals surface area contributed by atoms with Crippen molar-refractivity contribution in [2.75, 3.05) is 6.61 Å². The van der Waals surface area contributed by atoms with E-state index in [0.29, 0.717) is 13.0 Å². The second kappa shape index (κ2) is 5.02. The van der Waals surface area contributed by atoms with E-state index in [1.165, 1.54) is 11.6 Å². The number of aromatic hydroxyl groups is 2. The van der Waals surface area contributed by atoms with Gasteiger partial charge in [0, 0.05) is 6.07 Å². The summed E-state index contributed by atoms with van der Waals surface area (Å²) in [4.78, 5) is 0. The van der Waals surface area contributed by atoms with Gasteiger partial charge in [0.25, 0.3) is 0 Å². The number of hydrogen-bond acceptors (Lipinski definition) is 3. The predicted octanol–water partition coefficient (Wildman–Crippen LogP) is 3.16. The summed E-state index contributed by atoms with van der Waals surface area (Å²) in [5.41, 5.74) is 2.09. The normalized spacial score (nSPS) is 21.1. The summed E-state index contributed by atoms with van der Waals surface area (Å²) in [5, 5.41) is 18.9. The van der Waals surface area contributed by atoms with Crippen molar-refractivity contribution in [3.63, 3.8) is 0 Å². The first-order chi connectivity index (χ1) is 8.46. The van der Waals surface area contributed by atoms with E-state index in [9.17, 15) is 10.2 Å². The molecule has 0 bridgehead atoms. The van der Waals surface area contributed by atoms with Gasteiger partial charge in [-0.25, -0.2) is 0 Å². The van der Waals surface area contributed by atoms with E-state index in [4.69, 9.17) is 4.74 Å². The lowest BCUT2D eigenvalue weighted by Crippen LogP contribution is -2.30. The third kappa shape index (κ3) is 3.26. The highest BCUT2D eigenvalue weighted by molar-refractivity contribution is 5.40. The molecule has 3 nitrogen and oxygen atoms in total. The van der Waals surface area contributed by atoms with Crippen LogP contribution < -0.4 is 0 Å². The van der Waals surface area contributed by atoms with Gasteiger partial charge in [0.2, 0.25) is 0 Å². The van der Waals surface area contributed by atoms with Gasteiger partial charge in [-0.3, -0.25) is 0 Å². The Morgan fingerprint density at radius 2 is 2.11 bits per heavy atom. The number of benzene rings is 1. The molecule has 1 aromatic rings. The Bertz CT molecular complexity index is 449. The van der Waals surface area contributed by atoms with E-state index >= 15 is 0 Å². The summed E-state index contributed by atoms with van der Waals surface area (Å²) in [5.74, 6) is 0.232. The van der Waals surface area contributed by atoms with E-state index < -0.39 is 0 Å².